The summed E-state index contributed by atoms with van der Waals surface area (Å²) in [5.74, 6) is 0.671. The Bertz CT molecular complexity index is 406. The fraction of sp³-hybridized carbons (Fsp3) is 0.667. The van der Waals surface area contributed by atoms with Crippen LogP contribution < -0.4 is 4.90 Å². The van der Waals surface area contributed by atoms with E-state index in [1.807, 2.05) is 19.9 Å². The van der Waals surface area contributed by atoms with Gasteiger partial charge < -0.3 is 0 Å². The predicted octanol–water partition coefficient (Wildman–Crippen LogP) is 3.36. The van der Waals surface area contributed by atoms with Crippen molar-refractivity contribution in [2.45, 2.75) is 65.8 Å². The Morgan fingerprint density at radius 2 is 2.05 bits per heavy atom. The van der Waals surface area contributed by atoms with Gasteiger partial charge in [-0.25, -0.2) is 9.97 Å². The van der Waals surface area contributed by atoms with Crippen LogP contribution in [0.4, 0.5) is 5.95 Å². The number of nitrogens with zero attached hydrogens (tertiary/aromatic N) is 3. The summed E-state index contributed by atoms with van der Waals surface area (Å²) < 4.78 is 0. The van der Waals surface area contributed by atoms with Crippen molar-refractivity contribution in [3.63, 3.8) is 0 Å². The third kappa shape index (κ3) is 4.30. The number of hydrogen-bond donors (Lipinski definition) is 0. The molecule has 0 aliphatic heterocycles. The molecule has 1 rings (SSSR count). The van der Waals surface area contributed by atoms with Crippen LogP contribution in [0.25, 0.3) is 0 Å². The Morgan fingerprint density at radius 3 is 2.63 bits per heavy atom. The standard InChI is InChI=1S/C15H25N3O/c1-5-8-13-10-11-16-15(17-13)18(12(4)7-3)14(19)9-6-2/h10-12H,5-9H2,1-4H3. The molecule has 1 aromatic rings. The number of carbonyl (C=O) groups excluding carboxylic acids is 1. The highest BCUT2D eigenvalue weighted by atomic mass is 16.2. The fourth-order valence-corrected chi connectivity index (χ4v) is 1.97. The molecule has 1 aromatic heterocycles. The first-order chi connectivity index (χ1) is 9.13. The van der Waals surface area contributed by atoms with Crippen LogP contribution in [0.3, 0.4) is 0 Å². The maximum atomic E-state index is 12.3. The summed E-state index contributed by atoms with van der Waals surface area (Å²) in [4.78, 5) is 22.8. The number of carbonyl (C=O) groups is 1. The van der Waals surface area contributed by atoms with E-state index in [1.54, 1.807) is 11.1 Å². The van der Waals surface area contributed by atoms with Crippen LogP contribution in [-0.4, -0.2) is 21.9 Å². The van der Waals surface area contributed by atoms with Crippen molar-refractivity contribution in [1.29, 1.82) is 0 Å². The lowest BCUT2D eigenvalue weighted by Crippen LogP contribution is -2.39. The summed E-state index contributed by atoms with van der Waals surface area (Å²) >= 11 is 0. The number of hydrogen-bond acceptors (Lipinski definition) is 3. The molecule has 0 radical (unpaired) electrons. The van der Waals surface area contributed by atoms with Crippen LogP contribution in [-0.2, 0) is 11.2 Å². The molecule has 4 nitrogen and oxygen atoms in total. The van der Waals surface area contributed by atoms with Gasteiger partial charge >= 0.3 is 0 Å². The highest BCUT2D eigenvalue weighted by Crippen LogP contribution is 2.16. The van der Waals surface area contributed by atoms with E-state index in [0.717, 1.165) is 31.4 Å². The average molecular weight is 263 g/mol. The maximum Gasteiger partial charge on any atom is 0.232 e. The van der Waals surface area contributed by atoms with Crippen molar-refractivity contribution in [1.82, 2.24) is 9.97 Å². The number of aryl methyl sites for hydroxylation is 1. The van der Waals surface area contributed by atoms with Crippen molar-refractivity contribution in [3.8, 4) is 0 Å². The Balaban J connectivity index is 3.02. The molecule has 1 amide bonds. The molecule has 0 aliphatic rings. The summed E-state index contributed by atoms with van der Waals surface area (Å²) in [5, 5.41) is 0. The molecule has 106 valence electrons. The van der Waals surface area contributed by atoms with E-state index in [9.17, 15) is 4.79 Å². The van der Waals surface area contributed by atoms with Gasteiger partial charge in [0.1, 0.15) is 0 Å². The third-order valence-electron chi connectivity index (χ3n) is 3.19. The molecule has 0 aromatic carbocycles. The highest BCUT2D eigenvalue weighted by Gasteiger charge is 2.22. The smallest absolute Gasteiger partial charge is 0.232 e. The predicted molar refractivity (Wildman–Crippen MR) is 78.2 cm³/mol. The number of aromatic nitrogens is 2. The van der Waals surface area contributed by atoms with Crippen LogP contribution in [0.1, 0.15) is 59.1 Å². The highest BCUT2D eigenvalue weighted by molar-refractivity contribution is 5.92. The molecule has 0 saturated carbocycles. The molecule has 0 aliphatic carbocycles. The van der Waals surface area contributed by atoms with Gasteiger partial charge in [-0.1, -0.05) is 27.2 Å². The summed E-state index contributed by atoms with van der Waals surface area (Å²) in [5.41, 5.74) is 1.00. The lowest BCUT2D eigenvalue weighted by molar-refractivity contribution is -0.119. The monoisotopic (exact) mass is 263 g/mol. The van der Waals surface area contributed by atoms with Crippen LogP contribution in [0.2, 0.25) is 0 Å². The largest absolute Gasteiger partial charge is 0.278 e. The van der Waals surface area contributed by atoms with Crippen molar-refractivity contribution in [2.75, 3.05) is 4.90 Å². The zero-order valence-electron chi connectivity index (χ0n) is 12.5. The van der Waals surface area contributed by atoms with Crippen LogP contribution >= 0.6 is 0 Å². The Labute approximate surface area is 116 Å². The molecule has 19 heavy (non-hydrogen) atoms. The summed E-state index contributed by atoms with van der Waals surface area (Å²) in [6.45, 7) is 8.26. The Morgan fingerprint density at radius 1 is 1.32 bits per heavy atom. The first-order valence-corrected chi connectivity index (χ1v) is 7.27. The minimum Gasteiger partial charge on any atom is -0.278 e. The van der Waals surface area contributed by atoms with Crippen molar-refractivity contribution in [3.05, 3.63) is 18.0 Å². The first kappa shape index (κ1) is 15.6. The van der Waals surface area contributed by atoms with Crippen molar-refractivity contribution < 1.29 is 4.79 Å². The molecular formula is C15H25N3O. The SMILES string of the molecule is CCCC(=O)N(c1nccc(CCC)n1)C(C)CC. The summed E-state index contributed by atoms with van der Waals surface area (Å²) in [7, 11) is 0. The minimum absolute atomic E-state index is 0.116. The van der Waals surface area contributed by atoms with Crippen LogP contribution in [0, 0.1) is 0 Å². The van der Waals surface area contributed by atoms with E-state index in [1.165, 1.54) is 0 Å². The second kappa shape index (κ2) is 7.87. The molecule has 0 N–H and O–H groups in total. The van der Waals surface area contributed by atoms with Gasteiger partial charge in [0.2, 0.25) is 11.9 Å². The first-order valence-electron chi connectivity index (χ1n) is 7.27. The molecule has 0 bridgehead atoms. The molecule has 0 spiro atoms. The van der Waals surface area contributed by atoms with E-state index < -0.39 is 0 Å². The zero-order valence-corrected chi connectivity index (χ0v) is 12.5. The Hall–Kier alpha value is -1.45. The number of anilines is 1. The molecule has 1 unspecified atom stereocenters. The summed E-state index contributed by atoms with van der Waals surface area (Å²) in [6, 6.07) is 2.06. The third-order valence-corrected chi connectivity index (χ3v) is 3.19. The van der Waals surface area contributed by atoms with Gasteiger partial charge in [0.15, 0.2) is 0 Å². The number of amides is 1. The lowest BCUT2D eigenvalue weighted by Gasteiger charge is -2.26. The van der Waals surface area contributed by atoms with Gasteiger partial charge in [-0.2, -0.15) is 0 Å². The average Bonchev–Trinajstić information content (AvgIpc) is 2.40. The van der Waals surface area contributed by atoms with Gasteiger partial charge in [-0.15, -0.1) is 0 Å². The van der Waals surface area contributed by atoms with E-state index in [0.29, 0.717) is 12.4 Å². The van der Waals surface area contributed by atoms with Gasteiger partial charge in [-0.3, -0.25) is 9.69 Å². The molecule has 0 fully saturated rings. The molecule has 4 heteroatoms. The quantitative estimate of drug-likeness (QED) is 0.757. The molecule has 1 heterocycles. The van der Waals surface area contributed by atoms with Crippen LogP contribution in [0.5, 0.6) is 0 Å². The molecule has 0 saturated heterocycles. The van der Waals surface area contributed by atoms with Crippen LogP contribution in [0.15, 0.2) is 12.3 Å². The second-order valence-corrected chi connectivity index (χ2v) is 4.87. The van der Waals surface area contributed by atoms with E-state index in [4.69, 9.17) is 0 Å². The molecular weight excluding hydrogens is 238 g/mol. The van der Waals surface area contributed by atoms with Crippen molar-refractivity contribution in [2.24, 2.45) is 0 Å². The van der Waals surface area contributed by atoms with Gasteiger partial charge in [0.25, 0.3) is 0 Å². The normalized spacial score (nSPS) is 12.2. The number of rotatable bonds is 7. The maximum absolute atomic E-state index is 12.3. The minimum atomic E-state index is 0.116. The summed E-state index contributed by atoms with van der Waals surface area (Å²) in [6.07, 6.45) is 6.01. The Kier molecular flexibility index (Phi) is 6.46. The molecule has 1 atom stereocenters. The van der Waals surface area contributed by atoms with E-state index >= 15 is 0 Å². The topological polar surface area (TPSA) is 46.1 Å². The van der Waals surface area contributed by atoms with Crippen molar-refractivity contribution >= 4 is 11.9 Å². The second-order valence-electron chi connectivity index (χ2n) is 4.87. The fourth-order valence-electron chi connectivity index (χ4n) is 1.97. The lowest BCUT2D eigenvalue weighted by atomic mass is 10.2. The van der Waals surface area contributed by atoms with Gasteiger partial charge in [0.05, 0.1) is 0 Å². The van der Waals surface area contributed by atoms with E-state index in [2.05, 4.69) is 23.8 Å². The zero-order chi connectivity index (χ0) is 14.3. The van der Waals surface area contributed by atoms with Gasteiger partial charge in [0, 0.05) is 24.4 Å². The van der Waals surface area contributed by atoms with E-state index in [-0.39, 0.29) is 11.9 Å². The van der Waals surface area contributed by atoms with Gasteiger partial charge in [-0.05, 0) is 32.3 Å².